The Morgan fingerprint density at radius 2 is 1.96 bits per heavy atom. The van der Waals surface area contributed by atoms with E-state index in [9.17, 15) is 9.59 Å². The van der Waals surface area contributed by atoms with Crippen LogP contribution in [-0.2, 0) is 17.8 Å². The number of rotatable bonds is 4. The zero-order valence-corrected chi connectivity index (χ0v) is 16.1. The van der Waals surface area contributed by atoms with E-state index in [1.807, 2.05) is 24.3 Å². The predicted octanol–water partition coefficient (Wildman–Crippen LogP) is 4.59. The van der Waals surface area contributed by atoms with Gasteiger partial charge in [0.2, 0.25) is 0 Å². The Morgan fingerprint density at radius 3 is 2.74 bits per heavy atom. The van der Waals surface area contributed by atoms with Crippen molar-refractivity contribution in [3.8, 4) is 0 Å². The predicted molar refractivity (Wildman–Crippen MR) is 108 cm³/mol. The summed E-state index contributed by atoms with van der Waals surface area (Å²) in [5, 5.41) is 11.5. The van der Waals surface area contributed by atoms with Crippen molar-refractivity contribution < 1.29 is 9.90 Å². The lowest BCUT2D eigenvalue weighted by molar-refractivity contribution is -0.136. The molecule has 0 saturated heterocycles. The number of fused-ring (bicyclic) bond motifs is 2. The molecule has 0 bridgehead atoms. The summed E-state index contributed by atoms with van der Waals surface area (Å²) in [6, 6.07) is 12.5. The van der Waals surface area contributed by atoms with Crippen LogP contribution in [0, 0.1) is 0 Å². The van der Waals surface area contributed by atoms with Crippen molar-refractivity contribution in [2.45, 2.75) is 13.0 Å². The number of hydrogen-bond acceptors (Lipinski definition) is 4. The smallest absolute Gasteiger partial charge is 0.308 e. The maximum atomic E-state index is 12.9. The van der Waals surface area contributed by atoms with Crippen LogP contribution in [0.1, 0.15) is 10.6 Å². The van der Waals surface area contributed by atoms with Gasteiger partial charge in [0.05, 0.1) is 38.7 Å². The fourth-order valence-corrected chi connectivity index (χ4v) is 4.50. The highest BCUT2D eigenvalue weighted by atomic mass is 35.5. The van der Waals surface area contributed by atoms with Crippen molar-refractivity contribution in [3.63, 3.8) is 0 Å². The van der Waals surface area contributed by atoms with E-state index in [-0.39, 0.29) is 24.1 Å². The fourth-order valence-electron chi connectivity index (χ4n) is 3.02. The molecule has 0 aliphatic carbocycles. The van der Waals surface area contributed by atoms with Gasteiger partial charge in [-0.1, -0.05) is 41.4 Å². The molecule has 8 heteroatoms. The standard InChI is InChI=1S/C19H12Cl2N2O3S/c20-12-5-6-13-18(17(12)21)27-15(22-13)9-23-14-4-2-1-3-10(14)7-11(19(23)26)8-16(24)25/h1-7H,8-9H2,(H,24,25). The van der Waals surface area contributed by atoms with Gasteiger partial charge in [-0.05, 0) is 29.7 Å². The molecule has 2 aromatic heterocycles. The topological polar surface area (TPSA) is 72.2 Å². The number of carbonyl (C=O) groups is 1. The van der Waals surface area contributed by atoms with Gasteiger partial charge in [-0.2, -0.15) is 0 Å². The molecule has 0 atom stereocenters. The number of para-hydroxylation sites is 1. The highest BCUT2D eigenvalue weighted by Gasteiger charge is 2.15. The van der Waals surface area contributed by atoms with Crippen LogP contribution in [-0.4, -0.2) is 20.6 Å². The number of halogens is 2. The van der Waals surface area contributed by atoms with Gasteiger partial charge in [0.1, 0.15) is 5.01 Å². The minimum absolute atomic E-state index is 0.222. The molecule has 0 aliphatic heterocycles. The van der Waals surface area contributed by atoms with Crippen LogP contribution in [0.4, 0.5) is 0 Å². The summed E-state index contributed by atoms with van der Waals surface area (Å²) in [4.78, 5) is 28.6. The van der Waals surface area contributed by atoms with Crippen molar-refractivity contribution in [1.29, 1.82) is 0 Å². The number of aromatic nitrogens is 2. The second kappa shape index (κ2) is 6.96. The average Bonchev–Trinajstić information content (AvgIpc) is 3.05. The van der Waals surface area contributed by atoms with Crippen LogP contribution in [0.25, 0.3) is 21.1 Å². The first kappa shape index (κ1) is 18.0. The Morgan fingerprint density at radius 1 is 1.19 bits per heavy atom. The maximum absolute atomic E-state index is 12.9. The van der Waals surface area contributed by atoms with Crippen molar-refractivity contribution >= 4 is 61.6 Å². The van der Waals surface area contributed by atoms with Gasteiger partial charge in [-0.25, -0.2) is 4.98 Å². The molecule has 5 nitrogen and oxygen atoms in total. The molecule has 0 fully saturated rings. The Bertz CT molecular complexity index is 1260. The van der Waals surface area contributed by atoms with Gasteiger partial charge < -0.3 is 9.67 Å². The molecule has 0 aliphatic rings. The van der Waals surface area contributed by atoms with E-state index in [4.69, 9.17) is 28.3 Å². The average molecular weight is 419 g/mol. The summed E-state index contributed by atoms with van der Waals surface area (Å²) in [6.45, 7) is 0.222. The molecule has 0 spiro atoms. The van der Waals surface area contributed by atoms with E-state index < -0.39 is 5.97 Å². The fraction of sp³-hybridized carbons (Fsp3) is 0.105. The summed E-state index contributed by atoms with van der Waals surface area (Å²) in [6.07, 6.45) is -0.328. The summed E-state index contributed by atoms with van der Waals surface area (Å²) in [5.74, 6) is -1.05. The number of benzene rings is 2. The number of pyridine rings is 1. The van der Waals surface area contributed by atoms with Gasteiger partial charge in [0.15, 0.2) is 0 Å². The van der Waals surface area contributed by atoms with Crippen LogP contribution in [0.3, 0.4) is 0 Å². The second-order valence-corrected chi connectivity index (χ2v) is 7.88. The Hall–Kier alpha value is -2.41. The monoisotopic (exact) mass is 418 g/mol. The van der Waals surface area contributed by atoms with E-state index in [0.717, 1.165) is 15.6 Å². The molecular formula is C19H12Cl2N2O3S. The first-order valence-electron chi connectivity index (χ1n) is 8.00. The molecule has 4 rings (SSSR count). The molecule has 2 aromatic carbocycles. The van der Waals surface area contributed by atoms with Gasteiger partial charge in [-0.15, -0.1) is 11.3 Å². The number of nitrogens with zero attached hydrogens (tertiary/aromatic N) is 2. The van der Waals surface area contributed by atoms with Gasteiger partial charge in [-0.3, -0.25) is 9.59 Å². The van der Waals surface area contributed by atoms with Crippen LogP contribution >= 0.6 is 34.5 Å². The lowest BCUT2D eigenvalue weighted by Crippen LogP contribution is -2.26. The van der Waals surface area contributed by atoms with Crippen LogP contribution in [0.5, 0.6) is 0 Å². The van der Waals surface area contributed by atoms with E-state index in [2.05, 4.69) is 4.98 Å². The number of carboxylic acids is 1. The van der Waals surface area contributed by atoms with Gasteiger partial charge >= 0.3 is 5.97 Å². The van der Waals surface area contributed by atoms with Crippen molar-refractivity contribution in [3.05, 3.63) is 73.4 Å². The molecule has 0 amide bonds. The Labute approximate surface area is 167 Å². The third kappa shape index (κ3) is 3.32. The lowest BCUT2D eigenvalue weighted by Gasteiger charge is -2.11. The Kier molecular flexibility index (Phi) is 4.63. The second-order valence-electron chi connectivity index (χ2n) is 6.01. The largest absolute Gasteiger partial charge is 0.481 e. The Balaban J connectivity index is 1.88. The van der Waals surface area contributed by atoms with Crippen LogP contribution in [0.15, 0.2) is 47.3 Å². The number of aliphatic carboxylic acids is 1. The van der Waals surface area contributed by atoms with Gasteiger partial charge in [0.25, 0.3) is 5.56 Å². The van der Waals surface area contributed by atoms with E-state index in [1.54, 1.807) is 22.8 Å². The third-order valence-corrected chi connectivity index (χ3v) is 6.20. The minimum atomic E-state index is -1.05. The lowest BCUT2D eigenvalue weighted by atomic mass is 10.1. The normalized spacial score (nSPS) is 11.3. The number of thiazole rings is 1. The van der Waals surface area contributed by atoms with Crippen molar-refractivity contribution in [1.82, 2.24) is 9.55 Å². The zero-order chi connectivity index (χ0) is 19.1. The summed E-state index contributed by atoms with van der Waals surface area (Å²) >= 11 is 13.7. The first-order valence-corrected chi connectivity index (χ1v) is 9.58. The molecule has 0 saturated carbocycles. The molecule has 0 radical (unpaired) electrons. The summed E-state index contributed by atoms with van der Waals surface area (Å²) in [7, 11) is 0. The first-order chi connectivity index (χ1) is 12.9. The van der Waals surface area contributed by atoms with E-state index in [1.165, 1.54) is 11.3 Å². The molecular weight excluding hydrogens is 407 g/mol. The quantitative estimate of drug-likeness (QED) is 0.525. The number of hydrogen-bond donors (Lipinski definition) is 1. The molecule has 4 aromatic rings. The van der Waals surface area contributed by atoms with Crippen molar-refractivity contribution in [2.24, 2.45) is 0 Å². The molecule has 27 heavy (non-hydrogen) atoms. The van der Waals surface area contributed by atoms with E-state index in [0.29, 0.717) is 20.6 Å². The summed E-state index contributed by atoms with van der Waals surface area (Å²) < 4.78 is 2.32. The molecule has 1 N–H and O–H groups in total. The molecule has 136 valence electrons. The maximum Gasteiger partial charge on any atom is 0.308 e. The van der Waals surface area contributed by atoms with Gasteiger partial charge in [0, 0.05) is 5.56 Å². The molecule has 0 unspecified atom stereocenters. The SMILES string of the molecule is O=C(O)Cc1cc2ccccc2n(Cc2nc3ccc(Cl)c(Cl)c3s2)c1=O. The minimum Gasteiger partial charge on any atom is -0.481 e. The number of carboxylic acid groups (broad SMARTS) is 1. The third-order valence-electron chi connectivity index (χ3n) is 4.21. The van der Waals surface area contributed by atoms with Crippen LogP contribution < -0.4 is 5.56 Å². The highest BCUT2D eigenvalue weighted by molar-refractivity contribution is 7.19. The highest BCUT2D eigenvalue weighted by Crippen LogP contribution is 2.35. The van der Waals surface area contributed by atoms with E-state index >= 15 is 0 Å². The zero-order valence-electron chi connectivity index (χ0n) is 13.8. The van der Waals surface area contributed by atoms with Crippen molar-refractivity contribution in [2.75, 3.05) is 0 Å². The molecule has 2 heterocycles. The van der Waals surface area contributed by atoms with Crippen LogP contribution in [0.2, 0.25) is 10.0 Å². The summed E-state index contributed by atoms with van der Waals surface area (Å²) in [5.41, 5.74) is 1.34.